The zero-order valence-electron chi connectivity index (χ0n) is 10.9. The van der Waals surface area contributed by atoms with Crippen molar-refractivity contribution in [1.82, 2.24) is 0 Å². The fraction of sp³-hybridized carbons (Fsp3) is 0.867. The Kier molecular flexibility index (Phi) is 11.3. The van der Waals surface area contributed by atoms with Crippen molar-refractivity contribution in [2.24, 2.45) is 5.92 Å². The summed E-state index contributed by atoms with van der Waals surface area (Å²) in [5.74, 6) is 7.08. The first kappa shape index (κ1) is 14.6. The number of unbranched alkanes of at least 4 members (excludes halogenated alkanes) is 4. The highest BCUT2D eigenvalue weighted by atomic mass is 14.1. The largest absolute Gasteiger partial charge is 0.107 e. The second kappa shape index (κ2) is 11.6. The van der Waals surface area contributed by atoms with E-state index in [1.54, 1.807) is 0 Å². The van der Waals surface area contributed by atoms with E-state index in [2.05, 4.69) is 25.7 Å². The highest BCUT2D eigenvalue weighted by molar-refractivity contribution is 4.94. The van der Waals surface area contributed by atoms with Crippen LogP contribution in [-0.4, -0.2) is 0 Å². The van der Waals surface area contributed by atoms with Crippen LogP contribution in [0.5, 0.6) is 0 Å². The fourth-order valence-corrected chi connectivity index (χ4v) is 1.99. The lowest BCUT2D eigenvalue weighted by molar-refractivity contribution is 0.402. The molecule has 0 aliphatic heterocycles. The van der Waals surface area contributed by atoms with Crippen LogP contribution < -0.4 is 0 Å². The lowest BCUT2D eigenvalue weighted by Gasteiger charge is -2.13. The lowest BCUT2D eigenvalue weighted by Crippen LogP contribution is -1.98. The van der Waals surface area contributed by atoms with E-state index in [9.17, 15) is 0 Å². The molecule has 0 spiro atoms. The summed E-state index contributed by atoms with van der Waals surface area (Å²) in [7, 11) is 0. The highest BCUT2D eigenvalue weighted by Crippen LogP contribution is 2.19. The minimum absolute atomic E-state index is 0.988. The normalized spacial score (nSPS) is 11.9. The Bertz CT molecular complexity index is 170. The van der Waals surface area contributed by atoms with Gasteiger partial charge in [-0.15, -0.1) is 11.8 Å². The van der Waals surface area contributed by atoms with Gasteiger partial charge in [0.1, 0.15) is 0 Å². The fourth-order valence-electron chi connectivity index (χ4n) is 1.99. The zero-order valence-corrected chi connectivity index (χ0v) is 10.9. The maximum absolute atomic E-state index is 3.13. The van der Waals surface area contributed by atoms with Gasteiger partial charge in [0.15, 0.2) is 0 Å². The van der Waals surface area contributed by atoms with Crippen LogP contribution in [0.4, 0.5) is 0 Å². The van der Waals surface area contributed by atoms with Gasteiger partial charge < -0.3 is 0 Å². The van der Waals surface area contributed by atoms with E-state index >= 15 is 0 Å². The molecule has 1 atom stereocenters. The van der Waals surface area contributed by atoms with E-state index < -0.39 is 0 Å². The average molecular weight is 208 g/mol. The molecule has 0 heteroatoms. The van der Waals surface area contributed by atoms with E-state index in [0.29, 0.717) is 0 Å². The summed E-state index contributed by atoms with van der Waals surface area (Å²) in [6.45, 7) is 6.55. The van der Waals surface area contributed by atoms with Gasteiger partial charge in [-0.1, -0.05) is 58.8 Å². The molecule has 0 fully saturated rings. The third-order valence-corrected chi connectivity index (χ3v) is 3.13. The van der Waals surface area contributed by atoms with Crippen LogP contribution in [0.25, 0.3) is 0 Å². The van der Waals surface area contributed by atoms with Crippen molar-refractivity contribution in [1.29, 1.82) is 0 Å². The van der Waals surface area contributed by atoms with Crippen LogP contribution in [-0.2, 0) is 0 Å². The van der Waals surface area contributed by atoms with E-state index in [4.69, 9.17) is 0 Å². The zero-order chi connectivity index (χ0) is 11.4. The molecule has 88 valence electrons. The van der Waals surface area contributed by atoms with Gasteiger partial charge in [-0.25, -0.2) is 0 Å². The van der Waals surface area contributed by atoms with Gasteiger partial charge in [0.25, 0.3) is 0 Å². The summed E-state index contributed by atoms with van der Waals surface area (Å²) in [6, 6.07) is 0. The Morgan fingerprint density at radius 3 is 2.27 bits per heavy atom. The van der Waals surface area contributed by atoms with Gasteiger partial charge in [0.2, 0.25) is 0 Å². The van der Waals surface area contributed by atoms with Gasteiger partial charge in [-0.05, 0) is 19.3 Å². The SMILES string of the molecule is CC#CCCCCCC(CC)CCCC. The van der Waals surface area contributed by atoms with Crippen LogP contribution in [0.15, 0.2) is 0 Å². The first-order chi connectivity index (χ1) is 7.35. The first-order valence-electron chi connectivity index (χ1n) is 6.74. The Morgan fingerprint density at radius 2 is 1.67 bits per heavy atom. The van der Waals surface area contributed by atoms with Gasteiger partial charge in [0, 0.05) is 6.42 Å². The second-order valence-electron chi connectivity index (χ2n) is 4.44. The Hall–Kier alpha value is -0.440. The van der Waals surface area contributed by atoms with E-state index in [-0.39, 0.29) is 0 Å². The topological polar surface area (TPSA) is 0 Å². The summed E-state index contributed by atoms with van der Waals surface area (Å²) in [5.41, 5.74) is 0. The molecule has 0 rings (SSSR count). The number of rotatable bonds is 9. The molecule has 1 unspecified atom stereocenters. The van der Waals surface area contributed by atoms with Crippen LogP contribution in [0.3, 0.4) is 0 Å². The molecule has 0 heterocycles. The third kappa shape index (κ3) is 9.85. The van der Waals surface area contributed by atoms with Crippen LogP contribution in [0.1, 0.15) is 78.6 Å². The summed E-state index contributed by atoms with van der Waals surface area (Å²) in [6.07, 6.45) is 12.2. The molecule has 0 saturated heterocycles. The standard InChI is InChI=1S/C15H28/c1-4-7-9-10-11-12-14-15(6-3)13-8-5-2/h15H,5-6,8-14H2,1-3H3. The molecule has 0 aromatic heterocycles. The molecule has 15 heavy (non-hydrogen) atoms. The van der Waals surface area contributed by atoms with Crippen molar-refractivity contribution in [3.8, 4) is 11.8 Å². The Morgan fingerprint density at radius 1 is 0.933 bits per heavy atom. The summed E-state index contributed by atoms with van der Waals surface area (Å²) >= 11 is 0. The Labute approximate surface area is 96.8 Å². The molecular formula is C15H28. The molecular weight excluding hydrogens is 180 g/mol. The molecule has 0 aliphatic carbocycles. The van der Waals surface area contributed by atoms with Gasteiger partial charge in [-0.2, -0.15) is 0 Å². The van der Waals surface area contributed by atoms with Gasteiger partial charge in [0.05, 0.1) is 0 Å². The van der Waals surface area contributed by atoms with Crippen molar-refractivity contribution >= 4 is 0 Å². The molecule has 0 aliphatic rings. The summed E-state index contributed by atoms with van der Waals surface area (Å²) in [5, 5.41) is 0. The van der Waals surface area contributed by atoms with Crippen molar-refractivity contribution < 1.29 is 0 Å². The molecule has 0 saturated carbocycles. The Balaban J connectivity index is 3.32. The number of hydrogen-bond acceptors (Lipinski definition) is 0. The van der Waals surface area contributed by atoms with Crippen molar-refractivity contribution in [3.05, 3.63) is 0 Å². The molecule has 0 aromatic carbocycles. The predicted molar refractivity (Wildman–Crippen MR) is 69.8 cm³/mol. The molecule has 0 nitrogen and oxygen atoms in total. The van der Waals surface area contributed by atoms with E-state index in [1.165, 1.54) is 51.4 Å². The van der Waals surface area contributed by atoms with Gasteiger partial charge in [-0.3, -0.25) is 0 Å². The molecule has 0 N–H and O–H groups in total. The van der Waals surface area contributed by atoms with Crippen LogP contribution in [0, 0.1) is 17.8 Å². The quantitative estimate of drug-likeness (QED) is 0.362. The van der Waals surface area contributed by atoms with Gasteiger partial charge >= 0.3 is 0 Å². The van der Waals surface area contributed by atoms with Crippen molar-refractivity contribution in [2.75, 3.05) is 0 Å². The predicted octanol–water partition coefficient (Wildman–Crippen LogP) is 5.18. The molecule has 0 bridgehead atoms. The van der Waals surface area contributed by atoms with Crippen LogP contribution >= 0.6 is 0 Å². The van der Waals surface area contributed by atoms with E-state index in [1.807, 2.05) is 6.92 Å². The minimum atomic E-state index is 0.988. The monoisotopic (exact) mass is 208 g/mol. The van der Waals surface area contributed by atoms with Crippen LogP contribution in [0.2, 0.25) is 0 Å². The maximum atomic E-state index is 3.13. The minimum Gasteiger partial charge on any atom is -0.107 e. The molecule has 0 aromatic rings. The highest BCUT2D eigenvalue weighted by Gasteiger charge is 2.04. The summed E-state index contributed by atoms with van der Waals surface area (Å²) < 4.78 is 0. The second-order valence-corrected chi connectivity index (χ2v) is 4.44. The van der Waals surface area contributed by atoms with E-state index in [0.717, 1.165) is 12.3 Å². The molecule has 0 radical (unpaired) electrons. The lowest BCUT2D eigenvalue weighted by atomic mass is 9.93. The van der Waals surface area contributed by atoms with Crippen molar-refractivity contribution in [2.45, 2.75) is 78.6 Å². The maximum Gasteiger partial charge on any atom is 0.00885 e. The third-order valence-electron chi connectivity index (χ3n) is 3.13. The molecule has 0 amide bonds. The summed E-state index contributed by atoms with van der Waals surface area (Å²) in [4.78, 5) is 0. The number of hydrogen-bond donors (Lipinski definition) is 0. The first-order valence-corrected chi connectivity index (χ1v) is 6.74. The van der Waals surface area contributed by atoms with Crippen molar-refractivity contribution in [3.63, 3.8) is 0 Å². The smallest absolute Gasteiger partial charge is 0.00885 e. The average Bonchev–Trinajstić information content (AvgIpc) is 2.27.